The Hall–Kier alpha value is -6.44. The van der Waals surface area contributed by atoms with Crippen LogP contribution in [0, 0.1) is 0 Å². The highest BCUT2D eigenvalue weighted by atomic mass is 15.0. The van der Waals surface area contributed by atoms with Gasteiger partial charge in [0.1, 0.15) is 0 Å². The molecule has 0 saturated carbocycles. The van der Waals surface area contributed by atoms with Crippen molar-refractivity contribution in [1.82, 2.24) is 4.57 Å². The highest BCUT2D eigenvalue weighted by Crippen LogP contribution is 2.45. The van der Waals surface area contributed by atoms with Crippen LogP contribution in [-0.4, -0.2) is 4.57 Å². The molecule has 1 heterocycles. The van der Waals surface area contributed by atoms with Crippen molar-refractivity contribution >= 4 is 54.1 Å². The Labute approximate surface area is 284 Å². The summed E-state index contributed by atoms with van der Waals surface area (Å²) in [6.07, 6.45) is 0. The number of nitrogens with zero attached hydrogens (tertiary/aromatic N) is 1. The van der Waals surface area contributed by atoms with Crippen molar-refractivity contribution in [3.8, 4) is 39.1 Å². The molecule has 0 aliphatic heterocycles. The number of rotatable bonds is 4. The quantitative estimate of drug-likeness (QED) is 0.172. The lowest BCUT2D eigenvalue weighted by molar-refractivity contribution is 1.19. The number of fused-ring (bicyclic) bond motifs is 7. The third-order valence-electron chi connectivity index (χ3n) is 10.2. The predicted octanol–water partition coefficient (Wildman–Crippen LogP) is 13.2. The van der Waals surface area contributed by atoms with Gasteiger partial charge in [0, 0.05) is 21.8 Å². The molecule has 0 fully saturated rings. The average molecular weight is 622 g/mol. The Balaban J connectivity index is 1.20. The molecule has 0 N–H and O–H groups in total. The summed E-state index contributed by atoms with van der Waals surface area (Å²) in [6, 6.07) is 68.6. The maximum Gasteiger partial charge on any atom is 0.0619 e. The van der Waals surface area contributed by atoms with E-state index < -0.39 is 0 Å². The van der Waals surface area contributed by atoms with E-state index in [0.29, 0.717) is 0 Å². The minimum absolute atomic E-state index is 1.17. The molecule has 1 heteroatoms. The third kappa shape index (κ3) is 4.26. The van der Waals surface area contributed by atoms with E-state index in [1.54, 1.807) is 0 Å². The average Bonchev–Trinajstić information content (AvgIpc) is 3.52. The summed E-state index contributed by atoms with van der Waals surface area (Å²) >= 11 is 0. The SMILES string of the molecule is c1ccc(-c2c3ccccc3c(-c3ccc(-c4cc5c6ccccc6n(-c6ccccc6)c5c5ccccc45)cc3)c3ccccc23)cc1. The molecule has 1 nitrogen and oxygen atoms in total. The number of hydrogen-bond acceptors (Lipinski definition) is 0. The Morgan fingerprint density at radius 1 is 0.286 bits per heavy atom. The van der Waals surface area contributed by atoms with Gasteiger partial charge in [-0.25, -0.2) is 0 Å². The van der Waals surface area contributed by atoms with Crippen LogP contribution in [0.2, 0.25) is 0 Å². The van der Waals surface area contributed by atoms with E-state index in [9.17, 15) is 0 Å². The molecule has 10 aromatic rings. The molecule has 0 aliphatic carbocycles. The molecule has 228 valence electrons. The maximum absolute atomic E-state index is 2.43. The van der Waals surface area contributed by atoms with Crippen LogP contribution in [0.1, 0.15) is 0 Å². The van der Waals surface area contributed by atoms with Gasteiger partial charge in [0.05, 0.1) is 11.0 Å². The van der Waals surface area contributed by atoms with Crippen molar-refractivity contribution in [2.24, 2.45) is 0 Å². The largest absolute Gasteiger partial charge is 0.309 e. The Bertz CT molecular complexity index is 2790. The Kier molecular flexibility index (Phi) is 6.25. The highest BCUT2D eigenvalue weighted by molar-refractivity contribution is 6.23. The minimum atomic E-state index is 1.17. The lowest BCUT2D eigenvalue weighted by Gasteiger charge is -2.18. The molecular formula is C48H31N. The molecular weight excluding hydrogens is 591 g/mol. The lowest BCUT2D eigenvalue weighted by Crippen LogP contribution is -1.94. The van der Waals surface area contributed by atoms with Gasteiger partial charge in [-0.05, 0) is 84.6 Å². The fraction of sp³-hybridized carbons (Fsp3) is 0. The van der Waals surface area contributed by atoms with E-state index >= 15 is 0 Å². The first-order chi connectivity index (χ1) is 24.3. The normalized spacial score (nSPS) is 11.7. The van der Waals surface area contributed by atoms with Gasteiger partial charge in [-0.1, -0.05) is 164 Å². The number of benzene rings is 9. The summed E-state index contributed by atoms with van der Waals surface area (Å²) in [5, 5.41) is 10.1. The molecule has 49 heavy (non-hydrogen) atoms. The first kappa shape index (κ1) is 27.7. The van der Waals surface area contributed by atoms with Crippen LogP contribution in [0.3, 0.4) is 0 Å². The zero-order valence-electron chi connectivity index (χ0n) is 26.8. The van der Waals surface area contributed by atoms with Gasteiger partial charge in [-0.2, -0.15) is 0 Å². The van der Waals surface area contributed by atoms with Crippen LogP contribution in [0.15, 0.2) is 188 Å². The second-order valence-electron chi connectivity index (χ2n) is 12.8. The third-order valence-corrected chi connectivity index (χ3v) is 10.2. The summed E-state index contributed by atoms with van der Waals surface area (Å²) in [7, 11) is 0. The van der Waals surface area contributed by atoms with Crippen LogP contribution in [-0.2, 0) is 0 Å². The minimum Gasteiger partial charge on any atom is -0.309 e. The van der Waals surface area contributed by atoms with Gasteiger partial charge in [-0.15, -0.1) is 0 Å². The van der Waals surface area contributed by atoms with Crippen LogP contribution in [0.4, 0.5) is 0 Å². The summed E-state index contributed by atoms with van der Waals surface area (Å²) < 4.78 is 2.43. The predicted molar refractivity (Wildman–Crippen MR) is 210 cm³/mol. The van der Waals surface area contributed by atoms with Crippen LogP contribution < -0.4 is 0 Å². The Morgan fingerprint density at radius 2 is 0.714 bits per heavy atom. The first-order valence-electron chi connectivity index (χ1n) is 17.0. The number of hydrogen-bond donors (Lipinski definition) is 0. The van der Waals surface area contributed by atoms with Gasteiger partial charge in [0.15, 0.2) is 0 Å². The van der Waals surface area contributed by atoms with E-state index in [1.165, 1.54) is 93.2 Å². The molecule has 9 aromatic carbocycles. The summed E-state index contributed by atoms with van der Waals surface area (Å²) in [6.45, 7) is 0. The smallest absolute Gasteiger partial charge is 0.0619 e. The maximum atomic E-state index is 2.43. The molecule has 1 aromatic heterocycles. The van der Waals surface area contributed by atoms with Crippen molar-refractivity contribution in [1.29, 1.82) is 0 Å². The second kappa shape index (κ2) is 11.1. The van der Waals surface area contributed by atoms with Crippen molar-refractivity contribution in [2.75, 3.05) is 0 Å². The first-order valence-corrected chi connectivity index (χ1v) is 17.0. The molecule has 0 bridgehead atoms. The fourth-order valence-corrected chi connectivity index (χ4v) is 8.08. The zero-order valence-corrected chi connectivity index (χ0v) is 26.8. The van der Waals surface area contributed by atoms with Crippen molar-refractivity contribution in [3.05, 3.63) is 188 Å². The van der Waals surface area contributed by atoms with Crippen molar-refractivity contribution in [3.63, 3.8) is 0 Å². The van der Waals surface area contributed by atoms with Gasteiger partial charge in [-0.3, -0.25) is 0 Å². The Morgan fingerprint density at radius 3 is 1.31 bits per heavy atom. The molecule has 0 radical (unpaired) electrons. The second-order valence-corrected chi connectivity index (χ2v) is 12.8. The van der Waals surface area contributed by atoms with Crippen LogP contribution >= 0.6 is 0 Å². The molecule has 0 aliphatic rings. The fourth-order valence-electron chi connectivity index (χ4n) is 8.08. The zero-order chi connectivity index (χ0) is 32.3. The number of aromatic nitrogens is 1. The van der Waals surface area contributed by atoms with E-state index in [4.69, 9.17) is 0 Å². The number of para-hydroxylation sites is 2. The van der Waals surface area contributed by atoms with E-state index in [0.717, 1.165) is 0 Å². The van der Waals surface area contributed by atoms with E-state index in [2.05, 4.69) is 193 Å². The van der Waals surface area contributed by atoms with Gasteiger partial charge >= 0.3 is 0 Å². The monoisotopic (exact) mass is 621 g/mol. The standard InChI is InChI=1S/C48H31N/c1-3-15-33(16-4-1)46-38-21-8-10-23-40(38)47(41-24-11-9-22-39(41)46)34-29-27-32(28-30-34)43-31-44-37-20-13-14-26-45(37)49(35-17-5-2-6-18-35)48(44)42-25-12-7-19-36(42)43/h1-31H. The van der Waals surface area contributed by atoms with Gasteiger partial charge in [0.2, 0.25) is 0 Å². The molecule has 10 rings (SSSR count). The highest BCUT2D eigenvalue weighted by Gasteiger charge is 2.19. The molecule has 0 saturated heterocycles. The summed E-state index contributed by atoms with van der Waals surface area (Å²) in [4.78, 5) is 0. The molecule has 0 atom stereocenters. The van der Waals surface area contributed by atoms with Crippen LogP contribution in [0.25, 0.3) is 93.2 Å². The molecule has 0 unspecified atom stereocenters. The van der Waals surface area contributed by atoms with Gasteiger partial charge in [0.25, 0.3) is 0 Å². The molecule has 0 amide bonds. The lowest BCUT2D eigenvalue weighted by atomic mass is 9.85. The summed E-state index contributed by atoms with van der Waals surface area (Å²) in [5.74, 6) is 0. The molecule has 0 spiro atoms. The van der Waals surface area contributed by atoms with E-state index in [-0.39, 0.29) is 0 Å². The van der Waals surface area contributed by atoms with Gasteiger partial charge < -0.3 is 4.57 Å². The summed E-state index contributed by atoms with van der Waals surface area (Å²) in [5.41, 5.74) is 11.2. The van der Waals surface area contributed by atoms with Crippen molar-refractivity contribution in [2.45, 2.75) is 0 Å². The van der Waals surface area contributed by atoms with E-state index in [1.807, 2.05) is 0 Å². The van der Waals surface area contributed by atoms with Crippen molar-refractivity contribution < 1.29 is 0 Å². The topological polar surface area (TPSA) is 4.93 Å². The van der Waals surface area contributed by atoms with Crippen LogP contribution in [0.5, 0.6) is 0 Å².